The molecule has 1 N–H and O–H groups in total. The molecule has 1 aromatic carbocycles. The zero-order valence-electron chi connectivity index (χ0n) is 9.16. The minimum atomic E-state index is -0.177. The van der Waals surface area contributed by atoms with Crippen LogP contribution in [0.3, 0.4) is 0 Å². The smallest absolute Gasteiger partial charge is 0.247 e. The molecule has 0 bridgehead atoms. The van der Waals surface area contributed by atoms with Gasteiger partial charge in [-0.3, -0.25) is 9.63 Å². The lowest BCUT2D eigenvalue weighted by Crippen LogP contribution is -2.23. The monoisotopic (exact) mass is 209 g/mol. The summed E-state index contributed by atoms with van der Waals surface area (Å²) in [4.78, 5) is 15.7. The predicted molar refractivity (Wildman–Crippen MR) is 56.6 cm³/mol. The van der Waals surface area contributed by atoms with Gasteiger partial charge >= 0.3 is 0 Å². The van der Waals surface area contributed by atoms with Crippen molar-refractivity contribution in [2.24, 2.45) is 0 Å². The first kappa shape index (κ1) is 11.5. The van der Waals surface area contributed by atoms with E-state index in [1.165, 1.54) is 7.11 Å². The maximum atomic E-state index is 11.2. The lowest BCUT2D eigenvalue weighted by molar-refractivity contribution is -0.130. The van der Waals surface area contributed by atoms with Gasteiger partial charge < -0.3 is 4.74 Å². The van der Waals surface area contributed by atoms with Crippen LogP contribution in [-0.4, -0.2) is 20.1 Å². The van der Waals surface area contributed by atoms with E-state index in [9.17, 15) is 4.79 Å². The molecule has 1 rings (SSSR count). The summed E-state index contributed by atoms with van der Waals surface area (Å²) in [6.07, 6.45) is 0.282. The van der Waals surface area contributed by atoms with E-state index in [1.54, 1.807) is 7.11 Å². The highest BCUT2D eigenvalue weighted by Gasteiger charge is 2.05. The van der Waals surface area contributed by atoms with E-state index in [4.69, 9.17) is 4.74 Å². The van der Waals surface area contributed by atoms with E-state index >= 15 is 0 Å². The Morgan fingerprint density at radius 1 is 1.40 bits per heavy atom. The largest absolute Gasteiger partial charge is 0.496 e. The number of carbonyl (C=O) groups excluding carboxylic acids is 1. The summed E-state index contributed by atoms with van der Waals surface area (Å²) in [5, 5.41) is 0. The number of ether oxygens (including phenoxy) is 1. The van der Waals surface area contributed by atoms with Crippen molar-refractivity contribution in [2.75, 3.05) is 14.2 Å². The first-order valence-electron chi connectivity index (χ1n) is 4.62. The van der Waals surface area contributed by atoms with Crippen LogP contribution in [0.1, 0.15) is 11.1 Å². The lowest BCUT2D eigenvalue weighted by atomic mass is 10.1. The molecule has 0 saturated carbocycles. The molecule has 15 heavy (non-hydrogen) atoms. The summed E-state index contributed by atoms with van der Waals surface area (Å²) >= 11 is 0. The summed E-state index contributed by atoms with van der Waals surface area (Å²) in [7, 11) is 3.02. The fourth-order valence-electron chi connectivity index (χ4n) is 1.31. The third-order valence-corrected chi connectivity index (χ3v) is 2.05. The number of aryl methyl sites for hydroxylation is 1. The molecule has 0 aliphatic rings. The minimum absolute atomic E-state index is 0.177. The second-order valence-electron chi connectivity index (χ2n) is 3.21. The lowest BCUT2D eigenvalue weighted by Gasteiger charge is -2.07. The number of amides is 1. The number of hydrogen-bond acceptors (Lipinski definition) is 3. The van der Waals surface area contributed by atoms with E-state index < -0.39 is 0 Å². The Morgan fingerprint density at radius 2 is 2.13 bits per heavy atom. The molecule has 0 unspecified atom stereocenters. The van der Waals surface area contributed by atoms with Crippen LogP contribution in [-0.2, 0) is 16.1 Å². The van der Waals surface area contributed by atoms with Gasteiger partial charge in [0.1, 0.15) is 5.75 Å². The normalized spacial score (nSPS) is 9.80. The Bertz CT molecular complexity index is 350. The zero-order valence-corrected chi connectivity index (χ0v) is 9.16. The number of carbonyl (C=O) groups is 1. The molecule has 0 heterocycles. The van der Waals surface area contributed by atoms with Gasteiger partial charge in [0.25, 0.3) is 0 Å². The molecule has 0 saturated heterocycles. The van der Waals surface area contributed by atoms with Gasteiger partial charge in [-0.15, -0.1) is 0 Å². The van der Waals surface area contributed by atoms with Crippen molar-refractivity contribution < 1.29 is 14.4 Å². The van der Waals surface area contributed by atoms with Crippen molar-refractivity contribution in [1.29, 1.82) is 0 Å². The SMILES string of the molecule is CONC(=O)Cc1ccc(C)c(OC)c1. The van der Waals surface area contributed by atoms with Gasteiger partial charge in [0.05, 0.1) is 20.6 Å². The van der Waals surface area contributed by atoms with Gasteiger partial charge in [-0.2, -0.15) is 0 Å². The molecular weight excluding hydrogens is 194 g/mol. The maximum Gasteiger partial charge on any atom is 0.247 e. The van der Waals surface area contributed by atoms with Crippen molar-refractivity contribution in [3.8, 4) is 5.75 Å². The van der Waals surface area contributed by atoms with Crippen LogP contribution in [0.4, 0.5) is 0 Å². The van der Waals surface area contributed by atoms with Crippen molar-refractivity contribution in [1.82, 2.24) is 5.48 Å². The van der Waals surface area contributed by atoms with Crippen LogP contribution < -0.4 is 10.2 Å². The van der Waals surface area contributed by atoms with Gasteiger partial charge in [0, 0.05) is 0 Å². The number of hydroxylamine groups is 1. The topological polar surface area (TPSA) is 47.6 Å². The fraction of sp³-hybridized carbons (Fsp3) is 0.364. The highest BCUT2D eigenvalue weighted by atomic mass is 16.6. The summed E-state index contributed by atoms with van der Waals surface area (Å²) in [5.74, 6) is 0.612. The average Bonchev–Trinajstić information content (AvgIpc) is 2.21. The number of hydrogen-bond donors (Lipinski definition) is 1. The van der Waals surface area contributed by atoms with Crippen LogP contribution >= 0.6 is 0 Å². The van der Waals surface area contributed by atoms with E-state index in [0.717, 1.165) is 16.9 Å². The molecule has 82 valence electrons. The van der Waals surface area contributed by atoms with E-state index in [2.05, 4.69) is 10.3 Å². The molecule has 0 aromatic heterocycles. The Balaban J connectivity index is 2.74. The van der Waals surface area contributed by atoms with Crippen LogP contribution in [0.15, 0.2) is 18.2 Å². The van der Waals surface area contributed by atoms with Crippen molar-refractivity contribution in [2.45, 2.75) is 13.3 Å². The van der Waals surface area contributed by atoms with Gasteiger partial charge in [0.2, 0.25) is 5.91 Å². The Kier molecular flexibility index (Phi) is 4.12. The second-order valence-corrected chi connectivity index (χ2v) is 3.21. The third kappa shape index (κ3) is 3.25. The van der Waals surface area contributed by atoms with Crippen LogP contribution in [0.25, 0.3) is 0 Å². The summed E-state index contributed by atoms with van der Waals surface area (Å²) in [6.45, 7) is 1.96. The maximum absolute atomic E-state index is 11.2. The molecule has 0 aliphatic heterocycles. The van der Waals surface area contributed by atoms with Crippen LogP contribution in [0.2, 0.25) is 0 Å². The Labute approximate surface area is 89.1 Å². The molecule has 0 fully saturated rings. The summed E-state index contributed by atoms with van der Waals surface area (Å²) < 4.78 is 5.16. The van der Waals surface area contributed by atoms with Crippen LogP contribution in [0, 0.1) is 6.92 Å². The van der Waals surface area contributed by atoms with Crippen LogP contribution in [0.5, 0.6) is 5.75 Å². The molecule has 0 atom stereocenters. The number of nitrogens with one attached hydrogen (secondary N) is 1. The van der Waals surface area contributed by atoms with Crippen molar-refractivity contribution >= 4 is 5.91 Å². The van der Waals surface area contributed by atoms with Crippen molar-refractivity contribution in [3.63, 3.8) is 0 Å². The summed E-state index contributed by atoms with van der Waals surface area (Å²) in [6, 6.07) is 5.67. The standard InChI is InChI=1S/C11H15NO3/c1-8-4-5-9(6-10(8)14-2)7-11(13)12-15-3/h4-6H,7H2,1-3H3,(H,12,13). The first-order valence-corrected chi connectivity index (χ1v) is 4.62. The van der Waals surface area contributed by atoms with Gasteiger partial charge in [-0.1, -0.05) is 12.1 Å². The molecule has 4 nitrogen and oxygen atoms in total. The van der Waals surface area contributed by atoms with Gasteiger partial charge in [-0.05, 0) is 24.1 Å². The summed E-state index contributed by atoms with van der Waals surface area (Å²) in [5.41, 5.74) is 4.21. The average molecular weight is 209 g/mol. The molecular formula is C11H15NO3. The first-order chi connectivity index (χ1) is 7.17. The second kappa shape index (κ2) is 5.36. The number of methoxy groups -OCH3 is 1. The molecule has 0 radical (unpaired) electrons. The fourth-order valence-corrected chi connectivity index (χ4v) is 1.31. The van der Waals surface area contributed by atoms with E-state index in [1.807, 2.05) is 25.1 Å². The van der Waals surface area contributed by atoms with E-state index in [0.29, 0.717) is 0 Å². The highest BCUT2D eigenvalue weighted by molar-refractivity contribution is 5.77. The molecule has 1 aromatic rings. The third-order valence-electron chi connectivity index (χ3n) is 2.05. The Hall–Kier alpha value is -1.55. The molecule has 1 amide bonds. The number of benzene rings is 1. The molecule has 4 heteroatoms. The highest BCUT2D eigenvalue weighted by Crippen LogP contribution is 2.19. The minimum Gasteiger partial charge on any atom is -0.496 e. The van der Waals surface area contributed by atoms with Gasteiger partial charge in [0.15, 0.2) is 0 Å². The quantitative estimate of drug-likeness (QED) is 0.758. The molecule has 0 spiro atoms. The van der Waals surface area contributed by atoms with Crippen molar-refractivity contribution in [3.05, 3.63) is 29.3 Å². The van der Waals surface area contributed by atoms with Gasteiger partial charge in [-0.25, -0.2) is 5.48 Å². The predicted octanol–water partition coefficient (Wildman–Crippen LogP) is 1.22. The molecule has 0 aliphatic carbocycles. The Morgan fingerprint density at radius 3 is 2.73 bits per heavy atom. The zero-order chi connectivity index (χ0) is 11.3. The van der Waals surface area contributed by atoms with E-state index in [-0.39, 0.29) is 12.3 Å². The number of rotatable bonds is 4.